The van der Waals surface area contributed by atoms with Crippen LogP contribution in [0.1, 0.15) is 46.0 Å². The predicted molar refractivity (Wildman–Crippen MR) is 77.4 cm³/mol. The molecule has 0 atom stereocenters. The summed E-state index contributed by atoms with van der Waals surface area (Å²) in [5.41, 5.74) is 1.84. The van der Waals surface area contributed by atoms with Crippen LogP contribution >= 0.6 is 11.6 Å². The molecule has 4 heteroatoms. The zero-order valence-corrected chi connectivity index (χ0v) is 13.4. The van der Waals surface area contributed by atoms with Gasteiger partial charge < -0.3 is 0 Å². The van der Waals surface area contributed by atoms with Gasteiger partial charge in [0, 0.05) is 12.5 Å². The minimum Gasteiger partial charge on any atom is -0.299 e. The van der Waals surface area contributed by atoms with Crippen molar-refractivity contribution in [2.24, 2.45) is 16.7 Å². The Labute approximate surface area is 120 Å². The highest BCUT2D eigenvalue weighted by Crippen LogP contribution is 2.68. The van der Waals surface area contributed by atoms with Gasteiger partial charge in [0.1, 0.15) is 5.78 Å². The van der Waals surface area contributed by atoms with Crippen LogP contribution in [0.25, 0.3) is 0 Å². The normalized spacial score (nSPS) is 20.6. The van der Waals surface area contributed by atoms with Crippen molar-refractivity contribution >= 4 is 17.4 Å². The van der Waals surface area contributed by atoms with Crippen molar-refractivity contribution in [1.82, 2.24) is 9.78 Å². The van der Waals surface area contributed by atoms with E-state index in [0.29, 0.717) is 11.4 Å². The third-order valence-electron chi connectivity index (χ3n) is 5.14. The van der Waals surface area contributed by atoms with Gasteiger partial charge in [-0.3, -0.25) is 9.48 Å². The SMILES string of the molecule is CCn1nc(C)c(Cl)c1CC(=O)C1C(C)(C)C1(C)C. The van der Waals surface area contributed by atoms with Gasteiger partial charge in [0.2, 0.25) is 0 Å². The number of hydrogen-bond acceptors (Lipinski definition) is 2. The summed E-state index contributed by atoms with van der Waals surface area (Å²) >= 11 is 6.27. The number of hydrogen-bond donors (Lipinski definition) is 0. The first-order chi connectivity index (χ1) is 8.64. The molecule has 1 saturated carbocycles. The third kappa shape index (κ3) is 2.03. The van der Waals surface area contributed by atoms with Gasteiger partial charge in [0.25, 0.3) is 0 Å². The minimum atomic E-state index is 0.0860. The summed E-state index contributed by atoms with van der Waals surface area (Å²) in [4.78, 5) is 12.5. The predicted octanol–water partition coefficient (Wildman–Crippen LogP) is 3.66. The quantitative estimate of drug-likeness (QED) is 0.845. The van der Waals surface area contributed by atoms with E-state index < -0.39 is 0 Å². The van der Waals surface area contributed by atoms with Gasteiger partial charge in [-0.25, -0.2) is 0 Å². The molecule has 0 bridgehead atoms. The van der Waals surface area contributed by atoms with Crippen molar-refractivity contribution in [1.29, 1.82) is 0 Å². The number of Topliss-reactive ketones (excluding diaryl/α,β-unsaturated/α-hetero) is 1. The van der Waals surface area contributed by atoms with Crippen molar-refractivity contribution in [3.8, 4) is 0 Å². The maximum atomic E-state index is 12.5. The van der Waals surface area contributed by atoms with E-state index in [2.05, 4.69) is 32.8 Å². The van der Waals surface area contributed by atoms with Gasteiger partial charge in [-0.15, -0.1) is 0 Å². The molecule has 1 aliphatic carbocycles. The Morgan fingerprint density at radius 3 is 2.26 bits per heavy atom. The molecule has 0 N–H and O–H groups in total. The van der Waals surface area contributed by atoms with Gasteiger partial charge >= 0.3 is 0 Å². The van der Waals surface area contributed by atoms with Crippen LogP contribution in [0.2, 0.25) is 5.02 Å². The molecule has 0 saturated heterocycles. The van der Waals surface area contributed by atoms with Crippen LogP contribution in [-0.2, 0) is 17.8 Å². The molecule has 1 aliphatic rings. The second-order valence-electron chi connectivity index (χ2n) is 6.68. The Morgan fingerprint density at radius 2 is 1.84 bits per heavy atom. The molecule has 1 fully saturated rings. The summed E-state index contributed by atoms with van der Waals surface area (Å²) in [6, 6.07) is 0. The molecule has 0 spiro atoms. The number of aryl methyl sites for hydroxylation is 2. The van der Waals surface area contributed by atoms with Crippen LogP contribution in [0.4, 0.5) is 0 Å². The lowest BCUT2D eigenvalue weighted by Crippen LogP contribution is -2.14. The summed E-state index contributed by atoms with van der Waals surface area (Å²) in [5.74, 6) is 0.406. The molecule has 1 heterocycles. The summed E-state index contributed by atoms with van der Waals surface area (Å²) in [6.07, 6.45) is 0.394. The fourth-order valence-electron chi connectivity index (χ4n) is 3.31. The topological polar surface area (TPSA) is 34.9 Å². The second-order valence-corrected chi connectivity index (χ2v) is 7.06. The molecule has 1 aromatic rings. The molecule has 0 aromatic carbocycles. The molecule has 106 valence electrons. The largest absolute Gasteiger partial charge is 0.299 e. The molecular weight excluding hydrogens is 260 g/mol. The maximum Gasteiger partial charge on any atom is 0.143 e. The van der Waals surface area contributed by atoms with Crippen LogP contribution < -0.4 is 0 Å². The standard InChI is InChI=1S/C15H23ClN2O/c1-7-18-10(12(16)9(2)17-18)8-11(19)13-14(3,4)15(13,5)6/h13H,7-8H2,1-6H3. The van der Waals surface area contributed by atoms with Crippen LogP contribution in [0.5, 0.6) is 0 Å². The number of carbonyl (C=O) groups is 1. The molecule has 0 amide bonds. The Balaban J connectivity index is 2.22. The molecule has 0 aliphatic heterocycles. The lowest BCUT2D eigenvalue weighted by atomic mass is 10.0. The maximum absolute atomic E-state index is 12.5. The summed E-state index contributed by atoms with van der Waals surface area (Å²) < 4.78 is 1.85. The van der Waals surface area contributed by atoms with Gasteiger partial charge in [-0.2, -0.15) is 5.10 Å². The van der Waals surface area contributed by atoms with Crippen LogP contribution in [-0.4, -0.2) is 15.6 Å². The van der Waals surface area contributed by atoms with Crippen LogP contribution in [0.3, 0.4) is 0 Å². The number of aromatic nitrogens is 2. The average Bonchev–Trinajstić information content (AvgIpc) is 2.56. The summed E-state index contributed by atoms with van der Waals surface area (Å²) in [7, 11) is 0. The fraction of sp³-hybridized carbons (Fsp3) is 0.733. The van der Waals surface area contributed by atoms with E-state index >= 15 is 0 Å². The zero-order chi connectivity index (χ0) is 14.6. The molecule has 2 rings (SSSR count). The second kappa shape index (κ2) is 4.34. The molecule has 19 heavy (non-hydrogen) atoms. The van der Waals surface area contributed by atoms with Gasteiger partial charge in [0.15, 0.2) is 0 Å². The van der Waals surface area contributed by atoms with Crippen molar-refractivity contribution in [2.45, 2.75) is 54.5 Å². The highest BCUT2D eigenvalue weighted by atomic mass is 35.5. The lowest BCUT2D eigenvalue weighted by molar-refractivity contribution is -0.120. The average molecular weight is 283 g/mol. The van der Waals surface area contributed by atoms with E-state index in [1.807, 2.05) is 18.5 Å². The Kier molecular flexibility index (Phi) is 3.33. The lowest BCUT2D eigenvalue weighted by Gasteiger charge is -2.06. The monoisotopic (exact) mass is 282 g/mol. The number of halogens is 1. The number of carbonyl (C=O) groups excluding carboxylic acids is 1. The molecule has 0 radical (unpaired) electrons. The fourth-order valence-corrected chi connectivity index (χ4v) is 3.51. The highest BCUT2D eigenvalue weighted by Gasteiger charge is 2.67. The Bertz CT molecular complexity index is 514. The third-order valence-corrected chi connectivity index (χ3v) is 5.63. The molecule has 0 unspecified atom stereocenters. The molecular formula is C15H23ClN2O. The van der Waals surface area contributed by atoms with Crippen LogP contribution in [0.15, 0.2) is 0 Å². The van der Waals surface area contributed by atoms with E-state index in [1.54, 1.807) is 0 Å². The van der Waals surface area contributed by atoms with E-state index in [0.717, 1.165) is 17.9 Å². The van der Waals surface area contributed by atoms with Gasteiger partial charge in [0.05, 0.1) is 22.8 Å². The van der Waals surface area contributed by atoms with E-state index in [4.69, 9.17) is 11.6 Å². The van der Waals surface area contributed by atoms with Crippen molar-refractivity contribution in [3.05, 3.63) is 16.4 Å². The summed E-state index contributed by atoms with van der Waals surface area (Å²) in [5, 5.41) is 5.01. The first-order valence-corrected chi connectivity index (χ1v) is 7.26. The minimum absolute atomic E-state index is 0.0860. The smallest absolute Gasteiger partial charge is 0.143 e. The first-order valence-electron chi connectivity index (χ1n) is 6.89. The van der Waals surface area contributed by atoms with E-state index in [-0.39, 0.29) is 22.5 Å². The Morgan fingerprint density at radius 1 is 1.32 bits per heavy atom. The zero-order valence-electron chi connectivity index (χ0n) is 12.7. The number of nitrogens with zero attached hydrogens (tertiary/aromatic N) is 2. The van der Waals surface area contributed by atoms with Crippen molar-refractivity contribution in [3.63, 3.8) is 0 Å². The van der Waals surface area contributed by atoms with Crippen molar-refractivity contribution in [2.75, 3.05) is 0 Å². The van der Waals surface area contributed by atoms with Crippen molar-refractivity contribution < 1.29 is 4.79 Å². The Hall–Kier alpha value is -0.830. The van der Waals surface area contributed by atoms with Crippen LogP contribution in [0, 0.1) is 23.7 Å². The first kappa shape index (κ1) is 14.6. The number of rotatable bonds is 4. The molecule has 3 nitrogen and oxygen atoms in total. The van der Waals surface area contributed by atoms with E-state index in [9.17, 15) is 4.79 Å². The molecule has 1 aromatic heterocycles. The van der Waals surface area contributed by atoms with E-state index in [1.165, 1.54) is 0 Å². The van der Waals surface area contributed by atoms with Gasteiger partial charge in [-0.05, 0) is 24.7 Å². The highest BCUT2D eigenvalue weighted by molar-refractivity contribution is 6.32. The summed E-state index contributed by atoms with van der Waals surface area (Å²) in [6.45, 7) is 13.3. The van der Waals surface area contributed by atoms with Gasteiger partial charge in [-0.1, -0.05) is 39.3 Å². The number of ketones is 1.